The highest BCUT2D eigenvalue weighted by molar-refractivity contribution is 6.30. The Bertz CT molecular complexity index is 372. The number of nitrogens with zero attached hydrogens (tertiary/aromatic N) is 1. The summed E-state index contributed by atoms with van der Waals surface area (Å²) in [6, 6.07) is 8.20. The molecule has 0 bridgehead atoms. The van der Waals surface area contributed by atoms with Crippen molar-refractivity contribution in [3.63, 3.8) is 0 Å². The molecule has 1 saturated heterocycles. The molecule has 4 heteroatoms. The Balaban J connectivity index is 2.02. The van der Waals surface area contributed by atoms with Crippen LogP contribution in [0.3, 0.4) is 0 Å². The van der Waals surface area contributed by atoms with Crippen molar-refractivity contribution in [2.45, 2.75) is 12.0 Å². The van der Waals surface area contributed by atoms with Crippen molar-refractivity contribution in [1.29, 1.82) is 0 Å². The summed E-state index contributed by atoms with van der Waals surface area (Å²) in [5, 5.41) is 0.782. The fourth-order valence-electron chi connectivity index (χ4n) is 2.41. The van der Waals surface area contributed by atoms with Crippen LogP contribution in [0.25, 0.3) is 0 Å². The third-order valence-corrected chi connectivity index (χ3v) is 3.56. The lowest BCUT2D eigenvalue weighted by atomic mass is 9.95. The van der Waals surface area contributed by atoms with Crippen LogP contribution in [0.2, 0.25) is 5.02 Å². The molecule has 0 radical (unpaired) electrons. The van der Waals surface area contributed by atoms with Gasteiger partial charge in [0.2, 0.25) is 0 Å². The third-order valence-electron chi connectivity index (χ3n) is 3.33. The molecule has 0 aromatic heterocycles. The predicted octanol–water partition coefficient (Wildman–Crippen LogP) is 1.71. The molecule has 2 unspecified atom stereocenters. The molecule has 1 aromatic rings. The third kappa shape index (κ3) is 3.19. The molecule has 2 atom stereocenters. The summed E-state index contributed by atoms with van der Waals surface area (Å²) in [6.07, 6.45) is 0. The van der Waals surface area contributed by atoms with Crippen LogP contribution in [0, 0.1) is 0 Å². The number of hydrogen-bond donors (Lipinski definition) is 1. The maximum absolute atomic E-state index is 6.20. The summed E-state index contributed by atoms with van der Waals surface area (Å²) in [5.41, 5.74) is 7.44. The molecule has 1 heterocycles. The summed E-state index contributed by atoms with van der Waals surface area (Å²) in [4.78, 5) is 2.35. The van der Waals surface area contributed by atoms with Gasteiger partial charge >= 0.3 is 0 Å². The van der Waals surface area contributed by atoms with Crippen LogP contribution in [0.5, 0.6) is 0 Å². The standard InChI is InChI=1S/C13H19ClN2O/c1-17-6-5-16-8-12(13(15)9-16)10-3-2-4-11(14)7-10/h2-4,7,12-13H,5-6,8-9,15H2,1H3. The number of benzene rings is 1. The normalized spacial score (nSPS) is 25.4. The predicted molar refractivity (Wildman–Crippen MR) is 70.5 cm³/mol. The van der Waals surface area contributed by atoms with Crippen LogP contribution in [-0.2, 0) is 4.74 Å². The topological polar surface area (TPSA) is 38.5 Å². The van der Waals surface area contributed by atoms with Gasteiger partial charge in [-0.05, 0) is 17.7 Å². The molecule has 0 aliphatic carbocycles. The summed E-state index contributed by atoms with van der Waals surface area (Å²) in [5.74, 6) is 0.380. The molecule has 3 nitrogen and oxygen atoms in total. The molecule has 94 valence electrons. The number of methoxy groups -OCH3 is 1. The van der Waals surface area contributed by atoms with E-state index in [0.717, 1.165) is 31.3 Å². The van der Waals surface area contributed by atoms with E-state index in [9.17, 15) is 0 Å². The highest BCUT2D eigenvalue weighted by atomic mass is 35.5. The zero-order chi connectivity index (χ0) is 12.3. The van der Waals surface area contributed by atoms with Crippen molar-refractivity contribution in [2.24, 2.45) is 5.73 Å². The zero-order valence-electron chi connectivity index (χ0n) is 10.1. The van der Waals surface area contributed by atoms with Crippen molar-refractivity contribution >= 4 is 11.6 Å². The highest BCUT2D eigenvalue weighted by Gasteiger charge is 2.30. The average molecular weight is 255 g/mol. The number of nitrogens with two attached hydrogens (primary N) is 1. The lowest BCUT2D eigenvalue weighted by Crippen LogP contribution is -2.30. The van der Waals surface area contributed by atoms with Crippen LogP contribution in [0.15, 0.2) is 24.3 Å². The Kier molecular flexibility index (Phi) is 4.40. The SMILES string of the molecule is COCCN1CC(N)C(c2cccc(Cl)c2)C1. The molecular weight excluding hydrogens is 236 g/mol. The second-order valence-corrected chi connectivity index (χ2v) is 5.01. The minimum atomic E-state index is 0.185. The molecule has 17 heavy (non-hydrogen) atoms. The van der Waals surface area contributed by atoms with Gasteiger partial charge in [-0.3, -0.25) is 4.90 Å². The first-order valence-electron chi connectivity index (χ1n) is 5.93. The Morgan fingerprint density at radius 2 is 2.29 bits per heavy atom. The van der Waals surface area contributed by atoms with Gasteiger partial charge in [0, 0.05) is 43.7 Å². The summed E-state index contributed by atoms with van der Waals surface area (Å²) in [6.45, 7) is 3.63. The number of halogens is 1. The summed E-state index contributed by atoms with van der Waals surface area (Å²) < 4.78 is 5.10. The summed E-state index contributed by atoms with van der Waals surface area (Å²) in [7, 11) is 1.73. The Labute approximate surface area is 107 Å². The van der Waals surface area contributed by atoms with Gasteiger partial charge in [-0.1, -0.05) is 23.7 Å². The van der Waals surface area contributed by atoms with Crippen LogP contribution in [0.1, 0.15) is 11.5 Å². The molecule has 1 fully saturated rings. The lowest BCUT2D eigenvalue weighted by Gasteiger charge is -2.15. The van der Waals surface area contributed by atoms with Gasteiger partial charge in [-0.25, -0.2) is 0 Å². The molecule has 1 aliphatic rings. The monoisotopic (exact) mass is 254 g/mol. The molecule has 2 N–H and O–H groups in total. The zero-order valence-corrected chi connectivity index (χ0v) is 10.9. The van der Waals surface area contributed by atoms with Gasteiger partial charge in [-0.15, -0.1) is 0 Å². The van der Waals surface area contributed by atoms with E-state index in [2.05, 4.69) is 11.0 Å². The summed E-state index contributed by atoms with van der Waals surface area (Å²) >= 11 is 6.02. The fraction of sp³-hybridized carbons (Fsp3) is 0.538. The molecule has 2 rings (SSSR count). The van der Waals surface area contributed by atoms with Gasteiger partial charge in [0.05, 0.1) is 6.61 Å². The first-order chi connectivity index (χ1) is 8.20. The van der Waals surface area contributed by atoms with E-state index in [1.807, 2.05) is 18.2 Å². The number of rotatable bonds is 4. The van der Waals surface area contributed by atoms with Gasteiger partial charge in [0.25, 0.3) is 0 Å². The van der Waals surface area contributed by atoms with Crippen molar-refractivity contribution in [1.82, 2.24) is 4.90 Å². The van der Waals surface area contributed by atoms with E-state index in [1.165, 1.54) is 5.56 Å². The number of hydrogen-bond acceptors (Lipinski definition) is 3. The minimum absolute atomic E-state index is 0.185. The van der Waals surface area contributed by atoms with E-state index in [-0.39, 0.29) is 6.04 Å². The maximum atomic E-state index is 6.20. The average Bonchev–Trinajstić information content (AvgIpc) is 2.68. The number of likely N-dealkylation sites (tertiary alicyclic amines) is 1. The van der Waals surface area contributed by atoms with Crippen LogP contribution < -0.4 is 5.73 Å². The van der Waals surface area contributed by atoms with Crippen molar-refractivity contribution < 1.29 is 4.74 Å². The molecule has 1 aromatic carbocycles. The largest absolute Gasteiger partial charge is 0.383 e. The Morgan fingerprint density at radius 1 is 1.47 bits per heavy atom. The van der Waals surface area contributed by atoms with Gasteiger partial charge in [0.15, 0.2) is 0 Å². The molecule has 0 amide bonds. The molecular formula is C13H19ClN2O. The molecule has 0 spiro atoms. The quantitative estimate of drug-likeness (QED) is 0.889. The minimum Gasteiger partial charge on any atom is -0.383 e. The maximum Gasteiger partial charge on any atom is 0.0589 e. The Hall–Kier alpha value is -0.610. The van der Waals surface area contributed by atoms with E-state index in [0.29, 0.717) is 5.92 Å². The first kappa shape index (κ1) is 12.8. The van der Waals surface area contributed by atoms with Crippen molar-refractivity contribution in [3.05, 3.63) is 34.9 Å². The van der Waals surface area contributed by atoms with E-state index in [1.54, 1.807) is 7.11 Å². The second kappa shape index (κ2) is 5.83. The first-order valence-corrected chi connectivity index (χ1v) is 6.31. The van der Waals surface area contributed by atoms with Gasteiger partial charge in [0.1, 0.15) is 0 Å². The smallest absolute Gasteiger partial charge is 0.0589 e. The van der Waals surface area contributed by atoms with Crippen LogP contribution in [-0.4, -0.2) is 44.3 Å². The van der Waals surface area contributed by atoms with Gasteiger partial charge in [-0.2, -0.15) is 0 Å². The van der Waals surface area contributed by atoms with Crippen LogP contribution >= 0.6 is 11.6 Å². The van der Waals surface area contributed by atoms with Crippen molar-refractivity contribution in [2.75, 3.05) is 33.4 Å². The van der Waals surface area contributed by atoms with Crippen molar-refractivity contribution in [3.8, 4) is 0 Å². The van der Waals surface area contributed by atoms with E-state index in [4.69, 9.17) is 22.1 Å². The number of ether oxygens (including phenoxy) is 1. The fourth-order valence-corrected chi connectivity index (χ4v) is 2.61. The highest BCUT2D eigenvalue weighted by Crippen LogP contribution is 2.27. The van der Waals surface area contributed by atoms with E-state index < -0.39 is 0 Å². The Morgan fingerprint density at radius 3 is 3.00 bits per heavy atom. The lowest BCUT2D eigenvalue weighted by molar-refractivity contribution is 0.160. The molecule has 0 saturated carbocycles. The van der Waals surface area contributed by atoms with E-state index >= 15 is 0 Å². The molecule has 1 aliphatic heterocycles. The second-order valence-electron chi connectivity index (χ2n) is 4.58. The van der Waals surface area contributed by atoms with Gasteiger partial charge < -0.3 is 10.5 Å². The van der Waals surface area contributed by atoms with Crippen LogP contribution in [0.4, 0.5) is 0 Å².